The first kappa shape index (κ1) is 30.6. The molecule has 3 aliphatic rings. The van der Waals surface area contributed by atoms with Gasteiger partial charge in [0.15, 0.2) is 0 Å². The molecule has 0 heterocycles. The summed E-state index contributed by atoms with van der Waals surface area (Å²) in [5.74, 6) is -2.94. The number of hydrogen-bond acceptors (Lipinski definition) is 2. The third-order valence-electron chi connectivity index (χ3n) is 5.94. The monoisotopic (exact) mass is 536 g/mol. The van der Waals surface area contributed by atoms with Gasteiger partial charge in [0.1, 0.15) is 11.6 Å². The van der Waals surface area contributed by atoms with Crippen molar-refractivity contribution in [3.63, 3.8) is 0 Å². The third kappa shape index (κ3) is 8.95. The maximum absolute atomic E-state index is 12.2. The van der Waals surface area contributed by atoms with Crippen LogP contribution < -0.4 is 12.4 Å². The first-order valence-corrected chi connectivity index (χ1v) is 11.1. The molecule has 0 radical (unpaired) electrons. The molecule has 0 aliphatic heterocycles. The van der Waals surface area contributed by atoms with Crippen LogP contribution in [0.3, 0.4) is 0 Å². The molecule has 4 nitrogen and oxygen atoms in total. The molecule has 0 unspecified atom stereocenters. The molecule has 2 aromatic rings. The minimum absolute atomic E-state index is 0. The quantitative estimate of drug-likeness (QED) is 0.450. The molecule has 8 heteroatoms. The fourth-order valence-electron chi connectivity index (χ4n) is 4.30. The largest absolute Gasteiger partial charge is 1.00 e. The number of halogens is 3. The van der Waals surface area contributed by atoms with E-state index in [1.165, 1.54) is 75.6 Å². The predicted molar refractivity (Wildman–Crippen MR) is 122 cm³/mol. The number of benzene rings is 2. The van der Waals surface area contributed by atoms with Gasteiger partial charge in [-0.05, 0) is 74.2 Å². The number of carboxylic acid groups (broad SMARTS) is 2. The molecular weight excluding hydrogens is 510 g/mol. The van der Waals surface area contributed by atoms with Gasteiger partial charge in [0.2, 0.25) is 0 Å². The SMILES string of the molecule is O=C(O)c1ccc(F)cc1.O=C(O)c1ccc(F)cc1.[CH-]1CCCC2=C1CC1=C2CCCC1.[Cl-].[Ti]. The Kier molecular flexibility index (Phi) is 13.0. The zero-order valence-electron chi connectivity index (χ0n) is 19.2. The van der Waals surface area contributed by atoms with Crippen LogP contribution in [0.1, 0.15) is 72.1 Å². The van der Waals surface area contributed by atoms with Gasteiger partial charge in [0.25, 0.3) is 0 Å². The second kappa shape index (κ2) is 14.9. The number of rotatable bonds is 2. The first-order chi connectivity index (χ1) is 15.8. The maximum Gasteiger partial charge on any atom is 0.335 e. The van der Waals surface area contributed by atoms with Crippen LogP contribution in [0.4, 0.5) is 8.78 Å². The minimum Gasteiger partial charge on any atom is -1.00 e. The van der Waals surface area contributed by atoms with Gasteiger partial charge >= 0.3 is 11.9 Å². The third-order valence-corrected chi connectivity index (χ3v) is 5.94. The molecule has 0 atom stereocenters. The van der Waals surface area contributed by atoms with E-state index in [4.69, 9.17) is 10.2 Å². The van der Waals surface area contributed by atoms with Gasteiger partial charge in [-0.25, -0.2) is 30.4 Å². The van der Waals surface area contributed by atoms with Gasteiger partial charge in [-0.3, -0.25) is 0 Å². The Labute approximate surface area is 225 Å². The van der Waals surface area contributed by atoms with Crippen LogP contribution in [0.2, 0.25) is 0 Å². The summed E-state index contributed by atoms with van der Waals surface area (Å²) in [6, 6.07) is 9.34. The van der Waals surface area contributed by atoms with E-state index in [1.54, 1.807) is 22.3 Å². The van der Waals surface area contributed by atoms with E-state index in [9.17, 15) is 18.4 Å². The molecule has 0 saturated carbocycles. The van der Waals surface area contributed by atoms with E-state index in [0.717, 1.165) is 24.3 Å². The molecule has 2 N–H and O–H groups in total. The summed E-state index contributed by atoms with van der Waals surface area (Å²) < 4.78 is 24.3. The number of carbonyl (C=O) groups is 2. The van der Waals surface area contributed by atoms with Crippen molar-refractivity contribution in [2.45, 2.75) is 51.4 Å². The van der Waals surface area contributed by atoms with Crippen molar-refractivity contribution < 1.29 is 62.7 Å². The van der Waals surface area contributed by atoms with Crippen molar-refractivity contribution in [2.24, 2.45) is 0 Å². The molecule has 0 fully saturated rings. The smallest absolute Gasteiger partial charge is 0.335 e. The molecule has 2 aromatic carbocycles. The van der Waals surface area contributed by atoms with Crippen LogP contribution in [0.25, 0.3) is 0 Å². The molecule has 0 amide bonds. The number of aromatic carboxylic acids is 2. The van der Waals surface area contributed by atoms with Crippen molar-refractivity contribution in [3.8, 4) is 0 Å². The van der Waals surface area contributed by atoms with E-state index >= 15 is 0 Å². The molecule has 0 aromatic heterocycles. The number of fused-ring (bicyclic) bond motifs is 1. The number of allylic oxidation sites excluding steroid dienone is 4. The molecular formula is C27H27ClF2O4Ti-2. The van der Waals surface area contributed by atoms with Gasteiger partial charge in [-0.15, -0.1) is 12.0 Å². The van der Waals surface area contributed by atoms with E-state index in [1.807, 2.05) is 0 Å². The predicted octanol–water partition coefficient (Wildman–Crippen LogP) is 3.99. The molecule has 5 rings (SSSR count). The summed E-state index contributed by atoms with van der Waals surface area (Å²) in [6.45, 7) is 0. The van der Waals surface area contributed by atoms with Crippen LogP contribution in [0, 0.1) is 18.1 Å². The maximum atomic E-state index is 12.2. The van der Waals surface area contributed by atoms with Crippen molar-refractivity contribution >= 4 is 11.9 Å². The number of hydrogen-bond donors (Lipinski definition) is 2. The Balaban J connectivity index is 0.000000259. The zero-order chi connectivity index (χ0) is 23.8. The summed E-state index contributed by atoms with van der Waals surface area (Å²) in [4.78, 5) is 20.4. The minimum atomic E-state index is -1.04. The van der Waals surface area contributed by atoms with Crippen molar-refractivity contribution in [3.05, 3.63) is 100 Å². The van der Waals surface area contributed by atoms with Gasteiger partial charge in [0.05, 0.1) is 11.1 Å². The Bertz CT molecular complexity index is 978. The summed E-state index contributed by atoms with van der Waals surface area (Å²) >= 11 is 0. The van der Waals surface area contributed by atoms with E-state index < -0.39 is 23.6 Å². The Morgan fingerprint density at radius 1 is 0.714 bits per heavy atom. The summed E-state index contributed by atoms with van der Waals surface area (Å²) in [6.07, 6.45) is 13.6. The van der Waals surface area contributed by atoms with Gasteiger partial charge < -0.3 is 22.6 Å². The molecule has 3 aliphatic carbocycles. The van der Waals surface area contributed by atoms with Crippen LogP contribution >= 0.6 is 0 Å². The molecule has 0 spiro atoms. The van der Waals surface area contributed by atoms with Crippen LogP contribution in [0.5, 0.6) is 0 Å². The van der Waals surface area contributed by atoms with Gasteiger partial charge in [-0.2, -0.15) is 5.57 Å². The summed E-state index contributed by atoms with van der Waals surface area (Å²) in [5, 5.41) is 16.7. The Morgan fingerprint density at radius 3 is 1.66 bits per heavy atom. The van der Waals surface area contributed by atoms with Crippen LogP contribution in [0.15, 0.2) is 70.8 Å². The van der Waals surface area contributed by atoms with Crippen LogP contribution in [-0.2, 0) is 21.7 Å². The molecule has 0 bridgehead atoms. The fourth-order valence-corrected chi connectivity index (χ4v) is 4.30. The molecule has 0 saturated heterocycles. The van der Waals surface area contributed by atoms with E-state index in [2.05, 4.69) is 6.42 Å². The van der Waals surface area contributed by atoms with Crippen LogP contribution in [-0.4, -0.2) is 22.2 Å². The number of carboxylic acids is 2. The average molecular weight is 537 g/mol. The normalized spacial score (nSPS) is 15.4. The van der Waals surface area contributed by atoms with Crippen molar-refractivity contribution in [2.75, 3.05) is 0 Å². The van der Waals surface area contributed by atoms with E-state index in [0.29, 0.717) is 0 Å². The molecule has 35 heavy (non-hydrogen) atoms. The topological polar surface area (TPSA) is 74.6 Å². The average Bonchev–Trinajstić information content (AvgIpc) is 3.19. The van der Waals surface area contributed by atoms with Gasteiger partial charge in [0, 0.05) is 21.7 Å². The summed E-state index contributed by atoms with van der Waals surface area (Å²) in [5.41, 5.74) is 7.26. The Morgan fingerprint density at radius 2 is 1.17 bits per heavy atom. The summed E-state index contributed by atoms with van der Waals surface area (Å²) in [7, 11) is 0. The zero-order valence-corrected chi connectivity index (χ0v) is 21.5. The fraction of sp³-hybridized carbons (Fsp3) is 0.296. The Hall–Kier alpha value is -2.41. The second-order valence-corrected chi connectivity index (χ2v) is 8.19. The second-order valence-electron chi connectivity index (χ2n) is 8.19. The van der Waals surface area contributed by atoms with E-state index in [-0.39, 0.29) is 45.3 Å². The van der Waals surface area contributed by atoms with Crippen molar-refractivity contribution in [1.29, 1.82) is 0 Å². The van der Waals surface area contributed by atoms with Crippen molar-refractivity contribution in [1.82, 2.24) is 0 Å². The first-order valence-electron chi connectivity index (χ1n) is 11.1. The van der Waals surface area contributed by atoms with Gasteiger partial charge in [-0.1, -0.05) is 24.8 Å². The molecule has 186 valence electrons. The standard InChI is InChI=1S/C13H17.2C7H5FO2.ClH.Ti/c1-3-7-12-10(5-1)9-11-6-2-4-8-13(11)12;2*8-6-3-1-5(2-4-6)7(9)10;;/h5H,1-4,6-9H2;2*1-4H,(H,9,10);1H;/q-1;;;;/p-1.